The summed E-state index contributed by atoms with van der Waals surface area (Å²) in [5, 5.41) is 0. The average molecular weight is 372 g/mol. The molecule has 2 aromatic rings. The van der Waals surface area contributed by atoms with Gasteiger partial charge < -0.3 is 9.47 Å². The molecule has 2 aromatic carbocycles. The maximum atomic E-state index is 13.5. The summed E-state index contributed by atoms with van der Waals surface area (Å²) >= 11 is 0. The number of benzene rings is 2. The van der Waals surface area contributed by atoms with Crippen LogP contribution in [0.3, 0.4) is 0 Å². The molecule has 0 fully saturated rings. The summed E-state index contributed by atoms with van der Waals surface area (Å²) in [6.07, 6.45) is 2.80. The third kappa shape index (κ3) is 5.85. The van der Waals surface area contributed by atoms with Crippen molar-refractivity contribution in [3.63, 3.8) is 0 Å². The Morgan fingerprint density at radius 3 is 2.41 bits per heavy atom. The fourth-order valence-corrected chi connectivity index (χ4v) is 2.22. The molecule has 0 aromatic heterocycles. The smallest absolute Gasteiger partial charge is 0.272 e. The first-order valence-corrected chi connectivity index (χ1v) is 8.47. The van der Waals surface area contributed by atoms with Gasteiger partial charge >= 0.3 is 0 Å². The standard InChI is InChI=1S/C20H21FN2O4/c1-3-26-17-11-9-14(13-18(17)27-4-2)10-12-19(24)22-23-20(25)15-7-5-6-8-16(15)21/h5-13H,3-4H2,1-2H3,(H,22,24)(H,23,25)/b12-10+. The number of hydrogen-bond acceptors (Lipinski definition) is 4. The third-order valence-corrected chi connectivity index (χ3v) is 3.41. The normalized spacial score (nSPS) is 10.5. The van der Waals surface area contributed by atoms with E-state index in [1.807, 2.05) is 13.8 Å². The summed E-state index contributed by atoms with van der Waals surface area (Å²) in [6.45, 7) is 4.74. The molecule has 0 aliphatic carbocycles. The first-order chi connectivity index (χ1) is 13.0. The molecule has 2 amide bonds. The van der Waals surface area contributed by atoms with Gasteiger partial charge in [-0.1, -0.05) is 18.2 Å². The largest absolute Gasteiger partial charge is 0.490 e. The van der Waals surface area contributed by atoms with Gasteiger partial charge in [0.25, 0.3) is 11.8 Å². The Morgan fingerprint density at radius 2 is 1.70 bits per heavy atom. The number of halogens is 1. The second-order valence-electron chi connectivity index (χ2n) is 5.33. The Kier molecular flexibility index (Phi) is 7.37. The monoisotopic (exact) mass is 372 g/mol. The summed E-state index contributed by atoms with van der Waals surface area (Å²) < 4.78 is 24.5. The highest BCUT2D eigenvalue weighted by Gasteiger charge is 2.10. The number of carbonyl (C=O) groups excluding carboxylic acids is 2. The zero-order valence-corrected chi connectivity index (χ0v) is 15.1. The quantitative estimate of drug-likeness (QED) is 0.578. The van der Waals surface area contributed by atoms with E-state index >= 15 is 0 Å². The Labute approximate surface area is 157 Å². The Balaban J connectivity index is 1.97. The van der Waals surface area contributed by atoms with Crippen molar-refractivity contribution in [2.75, 3.05) is 13.2 Å². The van der Waals surface area contributed by atoms with E-state index in [1.165, 1.54) is 30.3 Å². The number of rotatable bonds is 7. The number of ether oxygens (including phenoxy) is 2. The van der Waals surface area contributed by atoms with E-state index in [4.69, 9.17) is 9.47 Å². The van der Waals surface area contributed by atoms with Crippen LogP contribution in [0.5, 0.6) is 11.5 Å². The fraction of sp³-hybridized carbons (Fsp3) is 0.200. The van der Waals surface area contributed by atoms with Crippen LogP contribution < -0.4 is 20.3 Å². The molecule has 0 bridgehead atoms. The highest BCUT2D eigenvalue weighted by atomic mass is 19.1. The van der Waals surface area contributed by atoms with Crippen LogP contribution in [0.2, 0.25) is 0 Å². The first-order valence-electron chi connectivity index (χ1n) is 8.47. The van der Waals surface area contributed by atoms with Gasteiger partial charge in [-0.05, 0) is 49.8 Å². The van der Waals surface area contributed by atoms with Gasteiger partial charge in [0.2, 0.25) is 0 Å². The fourth-order valence-electron chi connectivity index (χ4n) is 2.22. The molecule has 0 aliphatic rings. The van der Waals surface area contributed by atoms with E-state index in [2.05, 4.69) is 10.9 Å². The Morgan fingerprint density at radius 1 is 1.00 bits per heavy atom. The van der Waals surface area contributed by atoms with E-state index in [9.17, 15) is 14.0 Å². The second-order valence-corrected chi connectivity index (χ2v) is 5.33. The van der Waals surface area contributed by atoms with Gasteiger partial charge in [0.05, 0.1) is 18.8 Å². The predicted molar refractivity (Wildman–Crippen MR) is 99.8 cm³/mol. The Bertz CT molecular complexity index is 836. The number of hydrogen-bond donors (Lipinski definition) is 2. The van der Waals surface area contributed by atoms with Gasteiger partial charge in [-0.25, -0.2) is 4.39 Å². The second kappa shape index (κ2) is 9.96. The summed E-state index contributed by atoms with van der Waals surface area (Å²) in [5.41, 5.74) is 4.92. The molecule has 0 unspecified atom stereocenters. The van der Waals surface area contributed by atoms with Crippen molar-refractivity contribution < 1.29 is 23.5 Å². The van der Waals surface area contributed by atoms with Crippen molar-refractivity contribution in [1.29, 1.82) is 0 Å². The molecule has 0 heterocycles. The minimum absolute atomic E-state index is 0.158. The van der Waals surface area contributed by atoms with Crippen molar-refractivity contribution in [1.82, 2.24) is 10.9 Å². The van der Waals surface area contributed by atoms with Crippen LogP contribution in [-0.2, 0) is 4.79 Å². The minimum Gasteiger partial charge on any atom is -0.490 e. The molecular formula is C20H21FN2O4. The van der Waals surface area contributed by atoms with E-state index in [0.717, 1.165) is 5.56 Å². The van der Waals surface area contributed by atoms with Crippen molar-refractivity contribution in [2.45, 2.75) is 13.8 Å². The Hall–Kier alpha value is -3.35. The first kappa shape index (κ1) is 20.0. The van der Waals surface area contributed by atoms with Gasteiger partial charge in [0, 0.05) is 6.08 Å². The molecule has 7 heteroatoms. The molecule has 2 N–H and O–H groups in total. The topological polar surface area (TPSA) is 76.7 Å². The van der Waals surface area contributed by atoms with Gasteiger partial charge in [0.15, 0.2) is 11.5 Å². The highest BCUT2D eigenvalue weighted by molar-refractivity contribution is 5.98. The number of hydrazine groups is 1. The predicted octanol–water partition coefficient (Wildman–Crippen LogP) is 3.10. The van der Waals surface area contributed by atoms with E-state index in [1.54, 1.807) is 24.3 Å². The molecule has 0 spiro atoms. The number of nitrogens with one attached hydrogen (secondary N) is 2. The lowest BCUT2D eigenvalue weighted by Gasteiger charge is -2.11. The van der Waals surface area contributed by atoms with E-state index in [-0.39, 0.29) is 5.56 Å². The molecule has 2 rings (SSSR count). The summed E-state index contributed by atoms with van der Waals surface area (Å²) in [7, 11) is 0. The maximum Gasteiger partial charge on any atom is 0.272 e. The molecule has 6 nitrogen and oxygen atoms in total. The van der Waals surface area contributed by atoms with Crippen LogP contribution in [-0.4, -0.2) is 25.0 Å². The molecule has 0 aliphatic heterocycles. The summed E-state index contributed by atoms with van der Waals surface area (Å²) in [5.74, 6) is -0.772. The molecule has 0 saturated carbocycles. The highest BCUT2D eigenvalue weighted by Crippen LogP contribution is 2.28. The van der Waals surface area contributed by atoms with Crippen LogP contribution in [0.1, 0.15) is 29.8 Å². The van der Waals surface area contributed by atoms with Crippen LogP contribution in [0.25, 0.3) is 6.08 Å². The zero-order chi connectivity index (χ0) is 19.6. The summed E-state index contributed by atoms with van der Waals surface area (Å²) in [4.78, 5) is 23.7. The number of amides is 2. The average Bonchev–Trinajstić information content (AvgIpc) is 2.67. The summed E-state index contributed by atoms with van der Waals surface area (Å²) in [6, 6.07) is 10.8. The maximum absolute atomic E-state index is 13.5. The van der Waals surface area contributed by atoms with E-state index < -0.39 is 17.6 Å². The van der Waals surface area contributed by atoms with Crippen LogP contribution in [0.15, 0.2) is 48.5 Å². The van der Waals surface area contributed by atoms with Gasteiger partial charge in [-0.3, -0.25) is 20.4 Å². The lowest BCUT2D eigenvalue weighted by atomic mass is 10.2. The van der Waals surface area contributed by atoms with Gasteiger partial charge in [-0.2, -0.15) is 0 Å². The molecular weight excluding hydrogens is 351 g/mol. The molecule has 0 saturated heterocycles. The minimum atomic E-state index is -0.741. The van der Waals surface area contributed by atoms with E-state index in [0.29, 0.717) is 24.7 Å². The van der Waals surface area contributed by atoms with Gasteiger partial charge in [-0.15, -0.1) is 0 Å². The zero-order valence-electron chi connectivity index (χ0n) is 15.1. The lowest BCUT2D eigenvalue weighted by Crippen LogP contribution is -2.41. The molecule has 142 valence electrons. The van der Waals surface area contributed by atoms with Gasteiger partial charge in [0.1, 0.15) is 5.82 Å². The van der Waals surface area contributed by atoms with Crippen LogP contribution in [0.4, 0.5) is 4.39 Å². The van der Waals surface area contributed by atoms with Crippen LogP contribution in [0, 0.1) is 5.82 Å². The van der Waals surface area contributed by atoms with Crippen molar-refractivity contribution >= 4 is 17.9 Å². The third-order valence-electron chi connectivity index (χ3n) is 3.41. The molecule has 27 heavy (non-hydrogen) atoms. The molecule has 0 radical (unpaired) electrons. The van der Waals surface area contributed by atoms with Crippen molar-refractivity contribution in [3.8, 4) is 11.5 Å². The van der Waals surface area contributed by atoms with Crippen molar-refractivity contribution in [3.05, 3.63) is 65.5 Å². The number of carbonyl (C=O) groups is 2. The molecule has 0 atom stereocenters. The van der Waals surface area contributed by atoms with Crippen molar-refractivity contribution in [2.24, 2.45) is 0 Å². The lowest BCUT2D eigenvalue weighted by molar-refractivity contribution is -0.117. The SMILES string of the molecule is CCOc1ccc(/C=C/C(=O)NNC(=O)c2ccccc2F)cc1OCC. The van der Waals surface area contributed by atoms with Crippen LogP contribution >= 0.6 is 0 Å².